The molecule has 2 aromatic carbocycles. The van der Waals surface area contributed by atoms with Crippen molar-refractivity contribution in [2.75, 3.05) is 12.8 Å². The maximum atomic E-state index is 13.8. The van der Waals surface area contributed by atoms with Crippen LogP contribution in [0.1, 0.15) is 0 Å². The van der Waals surface area contributed by atoms with E-state index in [4.69, 9.17) is 10.5 Å². The van der Waals surface area contributed by atoms with Crippen molar-refractivity contribution >= 4 is 39.6 Å². The molecule has 3 rings (SSSR count). The zero-order valence-electron chi connectivity index (χ0n) is 10.9. The molecule has 1 aromatic heterocycles. The van der Waals surface area contributed by atoms with Crippen LogP contribution in [-0.4, -0.2) is 16.7 Å². The first-order valence-electron chi connectivity index (χ1n) is 5.98. The third-order valence-corrected chi connectivity index (χ3v) is 3.94. The number of nitrogens with zero attached hydrogens (tertiary/aromatic N) is 2. The molecule has 108 valence electrons. The molecule has 0 unspecified atom stereocenters. The predicted octanol–water partition coefficient (Wildman–Crippen LogP) is 3.50. The van der Waals surface area contributed by atoms with Crippen LogP contribution in [0.2, 0.25) is 0 Å². The van der Waals surface area contributed by atoms with Crippen LogP contribution < -0.4 is 10.5 Å². The lowest BCUT2D eigenvalue weighted by atomic mass is 10.2. The Morgan fingerprint density at radius 2 is 1.95 bits per heavy atom. The topological polar surface area (TPSA) is 53.1 Å². The van der Waals surface area contributed by atoms with Gasteiger partial charge in [0.2, 0.25) is 5.95 Å². The van der Waals surface area contributed by atoms with Crippen LogP contribution in [0.25, 0.3) is 16.7 Å². The van der Waals surface area contributed by atoms with E-state index < -0.39 is 5.82 Å². The van der Waals surface area contributed by atoms with Gasteiger partial charge in [-0.15, -0.1) is 0 Å². The number of rotatable bonds is 2. The summed E-state index contributed by atoms with van der Waals surface area (Å²) in [6.07, 6.45) is 0. The van der Waals surface area contributed by atoms with Gasteiger partial charge in [-0.1, -0.05) is 0 Å². The van der Waals surface area contributed by atoms with Crippen molar-refractivity contribution in [3.63, 3.8) is 0 Å². The van der Waals surface area contributed by atoms with Crippen LogP contribution in [0, 0.1) is 15.2 Å². The van der Waals surface area contributed by atoms with Gasteiger partial charge in [0.15, 0.2) is 11.6 Å². The highest BCUT2D eigenvalue weighted by molar-refractivity contribution is 14.1. The monoisotopic (exact) mass is 401 g/mol. The van der Waals surface area contributed by atoms with Crippen LogP contribution in [0.4, 0.5) is 14.7 Å². The Balaban J connectivity index is 2.29. The van der Waals surface area contributed by atoms with Crippen molar-refractivity contribution in [2.24, 2.45) is 0 Å². The summed E-state index contributed by atoms with van der Waals surface area (Å²) in [6.45, 7) is 0. The first kappa shape index (κ1) is 14.1. The largest absolute Gasteiger partial charge is 0.494 e. The minimum absolute atomic E-state index is 0.0831. The molecule has 3 aromatic rings. The average Bonchev–Trinajstić information content (AvgIpc) is 2.75. The highest BCUT2D eigenvalue weighted by Crippen LogP contribution is 2.28. The van der Waals surface area contributed by atoms with E-state index in [9.17, 15) is 8.78 Å². The molecule has 0 aliphatic carbocycles. The summed E-state index contributed by atoms with van der Waals surface area (Å²) in [5.74, 6) is -0.567. The van der Waals surface area contributed by atoms with E-state index in [0.29, 0.717) is 20.3 Å². The van der Waals surface area contributed by atoms with E-state index in [1.165, 1.54) is 31.4 Å². The normalized spacial score (nSPS) is 11.0. The van der Waals surface area contributed by atoms with Crippen LogP contribution >= 0.6 is 22.6 Å². The van der Waals surface area contributed by atoms with Gasteiger partial charge >= 0.3 is 0 Å². The van der Waals surface area contributed by atoms with E-state index in [1.807, 2.05) is 22.6 Å². The molecular formula is C14H10F2IN3O. The second-order valence-electron chi connectivity index (χ2n) is 4.38. The molecule has 0 fully saturated rings. The van der Waals surface area contributed by atoms with Crippen molar-refractivity contribution in [2.45, 2.75) is 0 Å². The minimum Gasteiger partial charge on any atom is -0.494 e. The second kappa shape index (κ2) is 5.14. The molecule has 21 heavy (non-hydrogen) atoms. The number of hydrogen-bond acceptors (Lipinski definition) is 3. The number of ether oxygens (including phenoxy) is 1. The van der Waals surface area contributed by atoms with E-state index in [0.717, 1.165) is 0 Å². The van der Waals surface area contributed by atoms with Gasteiger partial charge in [0, 0.05) is 12.1 Å². The first-order chi connectivity index (χ1) is 10.0. The van der Waals surface area contributed by atoms with E-state index in [2.05, 4.69) is 4.98 Å². The molecular weight excluding hydrogens is 391 g/mol. The maximum absolute atomic E-state index is 13.8. The van der Waals surface area contributed by atoms with E-state index >= 15 is 0 Å². The Hall–Kier alpha value is -1.90. The summed E-state index contributed by atoms with van der Waals surface area (Å²) in [5, 5.41) is 0. The second-order valence-corrected chi connectivity index (χ2v) is 5.54. The third-order valence-electron chi connectivity index (χ3n) is 3.12. The highest BCUT2D eigenvalue weighted by Gasteiger charge is 2.14. The summed E-state index contributed by atoms with van der Waals surface area (Å²) < 4.78 is 34.3. The molecule has 0 aliphatic rings. The van der Waals surface area contributed by atoms with Gasteiger partial charge < -0.3 is 10.5 Å². The van der Waals surface area contributed by atoms with Gasteiger partial charge in [-0.25, -0.2) is 13.8 Å². The van der Waals surface area contributed by atoms with Gasteiger partial charge in [-0.05, 0) is 40.8 Å². The molecule has 0 atom stereocenters. The summed E-state index contributed by atoms with van der Waals surface area (Å²) >= 11 is 1.89. The lowest BCUT2D eigenvalue weighted by molar-refractivity contribution is 0.386. The number of anilines is 1. The van der Waals surface area contributed by atoms with Crippen molar-refractivity contribution in [1.82, 2.24) is 9.55 Å². The van der Waals surface area contributed by atoms with Crippen molar-refractivity contribution in [3.8, 4) is 11.4 Å². The molecule has 0 amide bonds. The fourth-order valence-electron chi connectivity index (χ4n) is 2.15. The number of aromatic nitrogens is 2. The van der Waals surface area contributed by atoms with E-state index in [1.54, 1.807) is 10.6 Å². The highest BCUT2D eigenvalue weighted by atomic mass is 127. The van der Waals surface area contributed by atoms with Crippen LogP contribution in [0.5, 0.6) is 5.75 Å². The van der Waals surface area contributed by atoms with Gasteiger partial charge in [0.05, 0.1) is 27.4 Å². The maximum Gasteiger partial charge on any atom is 0.205 e. The molecule has 2 N–H and O–H groups in total. The predicted molar refractivity (Wildman–Crippen MR) is 84.7 cm³/mol. The van der Waals surface area contributed by atoms with E-state index in [-0.39, 0.29) is 17.5 Å². The number of fused-ring (bicyclic) bond motifs is 1. The Bertz CT molecular complexity index is 848. The lowest BCUT2D eigenvalue weighted by Gasteiger charge is -2.09. The number of nitrogen functional groups attached to an aromatic ring is 1. The molecule has 0 spiro atoms. The summed E-state index contributed by atoms with van der Waals surface area (Å²) in [4.78, 5) is 4.20. The SMILES string of the molecule is COc1cc(-n2c(N)nc3cc(I)c(F)cc32)ccc1F. The fraction of sp³-hybridized carbons (Fsp3) is 0.0714. The Labute approximate surface area is 132 Å². The van der Waals surface area contributed by atoms with Crippen LogP contribution in [0.15, 0.2) is 30.3 Å². The van der Waals surface area contributed by atoms with Gasteiger partial charge in [0.25, 0.3) is 0 Å². The summed E-state index contributed by atoms with van der Waals surface area (Å²) in [6, 6.07) is 7.26. The third kappa shape index (κ3) is 2.31. The number of nitrogens with two attached hydrogens (primary N) is 1. The summed E-state index contributed by atoms with van der Waals surface area (Å²) in [7, 11) is 1.37. The quantitative estimate of drug-likeness (QED) is 0.669. The molecule has 0 aliphatic heterocycles. The Kier molecular flexibility index (Phi) is 3.44. The molecule has 0 saturated carbocycles. The van der Waals surface area contributed by atoms with Crippen LogP contribution in [-0.2, 0) is 0 Å². The first-order valence-corrected chi connectivity index (χ1v) is 7.06. The van der Waals surface area contributed by atoms with Crippen molar-refractivity contribution < 1.29 is 13.5 Å². The summed E-state index contributed by atoms with van der Waals surface area (Å²) in [5.41, 5.74) is 7.54. The number of halogens is 3. The van der Waals surface area contributed by atoms with Gasteiger partial charge in [-0.2, -0.15) is 0 Å². The van der Waals surface area contributed by atoms with Crippen molar-refractivity contribution in [3.05, 3.63) is 45.5 Å². The molecule has 0 radical (unpaired) electrons. The fourth-order valence-corrected chi connectivity index (χ4v) is 2.60. The average molecular weight is 401 g/mol. The number of hydrogen-bond donors (Lipinski definition) is 1. The molecule has 4 nitrogen and oxygen atoms in total. The lowest BCUT2D eigenvalue weighted by Crippen LogP contribution is -2.01. The molecule has 1 heterocycles. The zero-order chi connectivity index (χ0) is 15.1. The molecule has 0 bridgehead atoms. The van der Waals surface area contributed by atoms with Crippen molar-refractivity contribution in [1.29, 1.82) is 0 Å². The smallest absolute Gasteiger partial charge is 0.205 e. The van der Waals surface area contributed by atoms with Gasteiger partial charge in [0.1, 0.15) is 5.82 Å². The van der Waals surface area contributed by atoms with Crippen LogP contribution in [0.3, 0.4) is 0 Å². The number of methoxy groups -OCH3 is 1. The zero-order valence-corrected chi connectivity index (χ0v) is 13.1. The molecule has 7 heteroatoms. The molecule has 0 saturated heterocycles. The Morgan fingerprint density at radius 1 is 1.19 bits per heavy atom. The Morgan fingerprint density at radius 3 is 2.67 bits per heavy atom. The number of benzene rings is 2. The minimum atomic E-state index is -0.482. The van der Waals surface area contributed by atoms with Gasteiger partial charge in [-0.3, -0.25) is 4.57 Å². The standard InChI is InChI=1S/C14H10F2IN3O/c1-21-13-4-7(2-3-8(13)15)20-12-5-9(16)10(17)6-11(12)19-14(20)18/h2-6H,1H3,(H2,18,19). The number of imidazole rings is 1.